The van der Waals surface area contributed by atoms with Gasteiger partial charge in [-0.2, -0.15) is 0 Å². The first-order valence-corrected chi connectivity index (χ1v) is 6.99. The number of benzene rings is 1. The normalized spacial score (nSPS) is 10.6. The molecule has 1 aromatic carbocycles. The van der Waals surface area contributed by atoms with Crippen molar-refractivity contribution in [3.8, 4) is 0 Å². The van der Waals surface area contributed by atoms with Gasteiger partial charge < -0.3 is 9.88 Å². The number of halogens is 1. The Hall–Kier alpha value is -1.95. The van der Waals surface area contributed by atoms with E-state index in [0.29, 0.717) is 23.5 Å². The van der Waals surface area contributed by atoms with Crippen molar-refractivity contribution in [3.63, 3.8) is 0 Å². The van der Waals surface area contributed by atoms with Crippen LogP contribution in [0.15, 0.2) is 29.1 Å². The van der Waals surface area contributed by atoms with E-state index >= 15 is 0 Å². The number of thiazole rings is 1. The summed E-state index contributed by atoms with van der Waals surface area (Å²) in [6.45, 7) is 2.19. The molecule has 106 valence electrons. The summed E-state index contributed by atoms with van der Waals surface area (Å²) in [6, 6.07) is 6.16. The Balaban J connectivity index is 1.94. The molecular formula is C14H15FN2O2S. The van der Waals surface area contributed by atoms with Crippen molar-refractivity contribution in [1.29, 1.82) is 0 Å². The largest absolute Gasteiger partial charge is 0.351 e. The van der Waals surface area contributed by atoms with Gasteiger partial charge in [0.1, 0.15) is 10.7 Å². The summed E-state index contributed by atoms with van der Waals surface area (Å²) in [5.41, 5.74) is 1.61. The zero-order valence-electron chi connectivity index (χ0n) is 11.3. The van der Waals surface area contributed by atoms with Crippen molar-refractivity contribution in [1.82, 2.24) is 9.88 Å². The average molecular weight is 294 g/mol. The van der Waals surface area contributed by atoms with Gasteiger partial charge in [0, 0.05) is 19.3 Å². The summed E-state index contributed by atoms with van der Waals surface area (Å²) in [6.07, 6.45) is 0.618. The molecule has 0 spiro atoms. The number of carbonyl (C=O) groups is 1. The predicted octanol–water partition coefficient (Wildman–Crippen LogP) is 1.87. The van der Waals surface area contributed by atoms with Gasteiger partial charge in [0.2, 0.25) is 0 Å². The quantitative estimate of drug-likeness (QED) is 0.936. The number of rotatable bonds is 4. The molecule has 2 rings (SSSR count). The number of carbonyl (C=O) groups excluding carboxylic acids is 1. The first-order chi connectivity index (χ1) is 9.49. The van der Waals surface area contributed by atoms with Crippen LogP contribution >= 0.6 is 11.3 Å². The van der Waals surface area contributed by atoms with Crippen LogP contribution in [0.2, 0.25) is 0 Å². The molecule has 0 aliphatic heterocycles. The minimum absolute atomic E-state index is 0.147. The van der Waals surface area contributed by atoms with E-state index in [1.165, 1.54) is 16.7 Å². The highest BCUT2D eigenvalue weighted by Gasteiger charge is 2.15. The second kappa shape index (κ2) is 6.00. The van der Waals surface area contributed by atoms with Crippen LogP contribution < -0.4 is 10.2 Å². The third-order valence-electron chi connectivity index (χ3n) is 3.11. The van der Waals surface area contributed by atoms with Crippen LogP contribution in [0.1, 0.15) is 20.9 Å². The van der Waals surface area contributed by atoms with Gasteiger partial charge in [-0.1, -0.05) is 23.5 Å². The molecule has 0 aliphatic rings. The van der Waals surface area contributed by atoms with E-state index in [4.69, 9.17) is 0 Å². The van der Waals surface area contributed by atoms with Gasteiger partial charge >= 0.3 is 4.87 Å². The lowest BCUT2D eigenvalue weighted by Gasteiger charge is -2.05. The van der Waals surface area contributed by atoms with E-state index in [2.05, 4.69) is 5.32 Å². The maximum absolute atomic E-state index is 12.7. The molecule has 1 amide bonds. The molecule has 0 atom stereocenters. The summed E-state index contributed by atoms with van der Waals surface area (Å²) in [7, 11) is 1.64. The third kappa shape index (κ3) is 3.14. The van der Waals surface area contributed by atoms with Gasteiger partial charge in [0.25, 0.3) is 5.91 Å². The topological polar surface area (TPSA) is 51.1 Å². The van der Waals surface area contributed by atoms with Gasteiger partial charge in [0.15, 0.2) is 0 Å². The number of hydrogen-bond donors (Lipinski definition) is 1. The molecule has 0 unspecified atom stereocenters. The second-order valence-corrected chi connectivity index (χ2v) is 5.44. The lowest BCUT2D eigenvalue weighted by Crippen LogP contribution is -2.25. The molecule has 1 heterocycles. The minimum atomic E-state index is -0.275. The average Bonchev–Trinajstić information content (AvgIpc) is 2.69. The van der Waals surface area contributed by atoms with E-state index < -0.39 is 0 Å². The predicted molar refractivity (Wildman–Crippen MR) is 76.7 cm³/mol. The van der Waals surface area contributed by atoms with Crippen molar-refractivity contribution < 1.29 is 9.18 Å². The van der Waals surface area contributed by atoms with Crippen LogP contribution in [0.5, 0.6) is 0 Å². The summed E-state index contributed by atoms with van der Waals surface area (Å²) in [5, 5.41) is 2.77. The molecule has 0 saturated carbocycles. The maximum Gasteiger partial charge on any atom is 0.307 e. The van der Waals surface area contributed by atoms with Gasteiger partial charge in [0.05, 0.1) is 0 Å². The molecule has 2 aromatic rings. The van der Waals surface area contributed by atoms with E-state index in [-0.39, 0.29) is 16.6 Å². The number of nitrogens with one attached hydrogen (secondary N) is 1. The lowest BCUT2D eigenvalue weighted by molar-refractivity contribution is 0.0957. The highest BCUT2D eigenvalue weighted by Crippen LogP contribution is 2.10. The van der Waals surface area contributed by atoms with E-state index in [1.807, 2.05) is 0 Å². The fraction of sp³-hybridized carbons (Fsp3) is 0.286. The van der Waals surface area contributed by atoms with Crippen molar-refractivity contribution in [3.05, 3.63) is 55.9 Å². The monoisotopic (exact) mass is 294 g/mol. The van der Waals surface area contributed by atoms with Crippen LogP contribution in [0, 0.1) is 12.7 Å². The van der Waals surface area contributed by atoms with Crippen molar-refractivity contribution in [2.24, 2.45) is 7.05 Å². The van der Waals surface area contributed by atoms with Crippen LogP contribution in [-0.4, -0.2) is 17.0 Å². The third-order valence-corrected chi connectivity index (χ3v) is 4.25. The summed E-state index contributed by atoms with van der Waals surface area (Å²) in [5.74, 6) is -0.519. The molecule has 6 heteroatoms. The SMILES string of the molecule is Cc1c(C(=O)NCCc2ccc(F)cc2)sc(=O)n1C. The maximum atomic E-state index is 12.7. The molecule has 0 bridgehead atoms. The van der Waals surface area contributed by atoms with Gasteiger partial charge in [-0.05, 0) is 31.0 Å². The van der Waals surface area contributed by atoms with Gasteiger partial charge in [-0.15, -0.1) is 0 Å². The molecular weight excluding hydrogens is 279 g/mol. The van der Waals surface area contributed by atoms with Crippen molar-refractivity contribution in [2.45, 2.75) is 13.3 Å². The molecule has 0 fully saturated rings. The lowest BCUT2D eigenvalue weighted by atomic mass is 10.1. The first kappa shape index (κ1) is 14.5. The fourth-order valence-corrected chi connectivity index (χ4v) is 2.68. The van der Waals surface area contributed by atoms with Crippen LogP contribution in [0.4, 0.5) is 4.39 Å². The first-order valence-electron chi connectivity index (χ1n) is 6.18. The zero-order chi connectivity index (χ0) is 14.7. The smallest absolute Gasteiger partial charge is 0.307 e. The summed E-state index contributed by atoms with van der Waals surface area (Å²) >= 11 is 0.943. The Morgan fingerprint density at radius 2 is 2.00 bits per heavy atom. The second-order valence-electron chi connectivity index (χ2n) is 4.47. The Bertz CT molecular complexity index is 673. The van der Waals surface area contributed by atoms with Crippen molar-refractivity contribution in [2.75, 3.05) is 6.54 Å². The molecule has 4 nitrogen and oxygen atoms in total. The molecule has 0 radical (unpaired) electrons. The Morgan fingerprint density at radius 3 is 2.55 bits per heavy atom. The Morgan fingerprint density at radius 1 is 1.35 bits per heavy atom. The van der Waals surface area contributed by atoms with Crippen LogP contribution in [0.25, 0.3) is 0 Å². The number of aromatic nitrogens is 1. The molecule has 1 aromatic heterocycles. The van der Waals surface area contributed by atoms with Gasteiger partial charge in [-0.25, -0.2) is 4.39 Å². The molecule has 1 N–H and O–H groups in total. The van der Waals surface area contributed by atoms with Gasteiger partial charge in [-0.3, -0.25) is 9.59 Å². The number of nitrogens with zero attached hydrogens (tertiary/aromatic N) is 1. The van der Waals surface area contributed by atoms with Crippen LogP contribution in [-0.2, 0) is 13.5 Å². The van der Waals surface area contributed by atoms with E-state index in [0.717, 1.165) is 16.9 Å². The van der Waals surface area contributed by atoms with E-state index in [9.17, 15) is 14.0 Å². The van der Waals surface area contributed by atoms with Crippen LogP contribution in [0.3, 0.4) is 0 Å². The van der Waals surface area contributed by atoms with Crippen molar-refractivity contribution >= 4 is 17.2 Å². The zero-order valence-corrected chi connectivity index (χ0v) is 12.1. The fourth-order valence-electron chi connectivity index (χ4n) is 1.78. The number of amides is 1. The highest BCUT2D eigenvalue weighted by molar-refractivity contribution is 7.11. The van der Waals surface area contributed by atoms with E-state index in [1.54, 1.807) is 26.1 Å². The Labute approximate surface area is 119 Å². The Kier molecular flexibility index (Phi) is 4.34. The standard InChI is InChI=1S/C14H15FN2O2S/c1-9-12(20-14(19)17(9)2)13(18)16-8-7-10-3-5-11(15)6-4-10/h3-6H,7-8H2,1-2H3,(H,16,18). The minimum Gasteiger partial charge on any atom is -0.351 e. The number of hydrogen-bond acceptors (Lipinski definition) is 3. The highest BCUT2D eigenvalue weighted by atomic mass is 32.1. The summed E-state index contributed by atoms with van der Waals surface area (Å²) < 4.78 is 14.2. The molecule has 0 saturated heterocycles. The summed E-state index contributed by atoms with van der Waals surface area (Å²) in [4.78, 5) is 23.7. The molecule has 20 heavy (non-hydrogen) atoms. The molecule has 0 aliphatic carbocycles.